The number of nitrogens with one attached hydrogen (secondary N) is 1. The molecule has 0 saturated carbocycles. The smallest absolute Gasteiger partial charge is 0.119 e. The highest BCUT2D eigenvalue weighted by Crippen LogP contribution is 2.26. The molecule has 3 nitrogen and oxygen atoms in total. The normalized spacial score (nSPS) is 18.6. The highest BCUT2D eigenvalue weighted by molar-refractivity contribution is 9.10. The maximum Gasteiger partial charge on any atom is 0.119 e. The van der Waals surface area contributed by atoms with Crippen LogP contribution in [0.25, 0.3) is 0 Å². The van der Waals surface area contributed by atoms with Gasteiger partial charge in [0.25, 0.3) is 0 Å². The van der Waals surface area contributed by atoms with Crippen molar-refractivity contribution in [2.45, 2.75) is 26.8 Å². The van der Waals surface area contributed by atoms with Crippen LogP contribution < -0.4 is 10.1 Å². The summed E-state index contributed by atoms with van der Waals surface area (Å²) in [5, 5.41) is 3.45. The second-order valence-corrected chi connectivity index (χ2v) is 6.17. The molecular formula is C15H25BrCl2N2O. The fourth-order valence-electron chi connectivity index (χ4n) is 2.50. The van der Waals surface area contributed by atoms with Gasteiger partial charge in [0, 0.05) is 36.7 Å². The van der Waals surface area contributed by atoms with Crippen LogP contribution in [0.4, 0.5) is 0 Å². The Balaban J connectivity index is 0.00000200. The molecule has 0 unspecified atom stereocenters. The summed E-state index contributed by atoms with van der Waals surface area (Å²) < 4.78 is 7.05. The van der Waals surface area contributed by atoms with Gasteiger partial charge in [-0.05, 0) is 44.0 Å². The Kier molecular flexibility index (Phi) is 9.90. The van der Waals surface area contributed by atoms with Crippen LogP contribution in [0.3, 0.4) is 0 Å². The van der Waals surface area contributed by atoms with Gasteiger partial charge in [-0.25, -0.2) is 0 Å². The summed E-state index contributed by atoms with van der Waals surface area (Å²) in [5.74, 6) is 0.974. The predicted molar refractivity (Wildman–Crippen MR) is 97.5 cm³/mol. The van der Waals surface area contributed by atoms with E-state index in [-0.39, 0.29) is 24.8 Å². The van der Waals surface area contributed by atoms with Crippen LogP contribution in [0.2, 0.25) is 0 Å². The average Bonchev–Trinajstić information content (AvgIpc) is 2.36. The van der Waals surface area contributed by atoms with Crippen molar-refractivity contribution in [1.82, 2.24) is 10.2 Å². The lowest BCUT2D eigenvalue weighted by molar-refractivity contribution is 0.170. The van der Waals surface area contributed by atoms with Gasteiger partial charge in [0.05, 0.1) is 0 Å². The number of rotatable bonds is 4. The molecule has 0 amide bonds. The first-order valence-corrected chi connectivity index (χ1v) is 7.71. The lowest BCUT2D eigenvalue weighted by atomic mass is 10.1. The minimum atomic E-state index is 0. The van der Waals surface area contributed by atoms with Crippen molar-refractivity contribution in [2.24, 2.45) is 0 Å². The molecule has 1 atom stereocenters. The van der Waals surface area contributed by atoms with Gasteiger partial charge in [-0.3, -0.25) is 4.90 Å². The highest BCUT2D eigenvalue weighted by atomic mass is 79.9. The number of aryl methyl sites for hydroxylation is 2. The van der Waals surface area contributed by atoms with Crippen LogP contribution >= 0.6 is 40.7 Å². The predicted octanol–water partition coefficient (Wildman–Crippen LogP) is 3.58. The van der Waals surface area contributed by atoms with Gasteiger partial charge >= 0.3 is 0 Å². The molecule has 0 spiro atoms. The fraction of sp³-hybridized carbons (Fsp3) is 0.600. The molecule has 1 fully saturated rings. The number of ether oxygens (including phenoxy) is 1. The van der Waals surface area contributed by atoms with E-state index in [1.165, 1.54) is 15.6 Å². The number of nitrogens with zero attached hydrogens (tertiary/aromatic N) is 1. The second kappa shape index (κ2) is 9.90. The third-order valence-electron chi connectivity index (χ3n) is 3.54. The molecule has 0 aromatic heterocycles. The maximum atomic E-state index is 5.88. The van der Waals surface area contributed by atoms with Crippen LogP contribution in [-0.4, -0.2) is 43.7 Å². The van der Waals surface area contributed by atoms with Crippen LogP contribution in [0.15, 0.2) is 16.6 Å². The van der Waals surface area contributed by atoms with E-state index in [1.807, 2.05) is 0 Å². The minimum Gasteiger partial charge on any atom is -0.492 e. The van der Waals surface area contributed by atoms with E-state index in [1.54, 1.807) is 0 Å². The van der Waals surface area contributed by atoms with Crippen LogP contribution in [0.5, 0.6) is 5.75 Å². The molecule has 21 heavy (non-hydrogen) atoms. The average molecular weight is 400 g/mol. The first-order valence-electron chi connectivity index (χ1n) is 6.91. The Morgan fingerprint density at radius 1 is 1.29 bits per heavy atom. The lowest BCUT2D eigenvalue weighted by Crippen LogP contribution is -2.50. The third kappa shape index (κ3) is 6.33. The minimum absolute atomic E-state index is 0. The van der Waals surface area contributed by atoms with E-state index in [2.05, 4.69) is 59.1 Å². The SMILES string of the molecule is Cc1cc(OCCN2CCN[C@H](C)C2)cc(C)c1Br.Cl.Cl. The summed E-state index contributed by atoms with van der Waals surface area (Å²) in [6.45, 7) is 11.5. The second-order valence-electron chi connectivity index (χ2n) is 5.38. The molecule has 1 aliphatic heterocycles. The standard InChI is InChI=1S/C15H23BrN2O.2ClH/c1-11-8-14(9-12(2)15(11)16)19-7-6-18-5-4-17-13(3)10-18;;/h8-9,13,17H,4-7,10H2,1-3H3;2*1H/t13-;;/m1../s1. The zero-order chi connectivity index (χ0) is 13.8. The van der Waals surface area contributed by atoms with Crippen LogP contribution in [0, 0.1) is 13.8 Å². The number of hydrogen-bond acceptors (Lipinski definition) is 3. The summed E-state index contributed by atoms with van der Waals surface area (Å²) in [7, 11) is 0. The quantitative estimate of drug-likeness (QED) is 0.837. The van der Waals surface area contributed by atoms with Crippen molar-refractivity contribution in [2.75, 3.05) is 32.8 Å². The maximum absolute atomic E-state index is 5.88. The van der Waals surface area contributed by atoms with Gasteiger partial charge in [-0.15, -0.1) is 24.8 Å². The number of piperazine rings is 1. The largest absolute Gasteiger partial charge is 0.492 e. The zero-order valence-corrected chi connectivity index (χ0v) is 16.0. The Bertz CT molecular complexity index is 423. The van der Waals surface area contributed by atoms with E-state index in [0.29, 0.717) is 6.04 Å². The Labute approximate surface area is 148 Å². The number of halogens is 3. The van der Waals surface area contributed by atoms with Gasteiger partial charge in [-0.2, -0.15) is 0 Å². The summed E-state index contributed by atoms with van der Waals surface area (Å²) in [5.41, 5.74) is 2.46. The van der Waals surface area contributed by atoms with E-state index in [4.69, 9.17) is 4.74 Å². The Morgan fingerprint density at radius 2 is 1.90 bits per heavy atom. The fourth-order valence-corrected chi connectivity index (χ4v) is 2.73. The molecule has 1 aromatic rings. The zero-order valence-electron chi connectivity index (χ0n) is 12.8. The van der Waals surface area contributed by atoms with Crippen LogP contribution in [-0.2, 0) is 0 Å². The topological polar surface area (TPSA) is 24.5 Å². The molecule has 1 N–H and O–H groups in total. The molecular weight excluding hydrogens is 375 g/mol. The van der Waals surface area contributed by atoms with Gasteiger partial charge < -0.3 is 10.1 Å². The molecule has 2 rings (SSSR count). The van der Waals surface area contributed by atoms with Gasteiger partial charge in [0.1, 0.15) is 12.4 Å². The van der Waals surface area contributed by atoms with Crippen LogP contribution in [0.1, 0.15) is 18.1 Å². The summed E-state index contributed by atoms with van der Waals surface area (Å²) >= 11 is 3.58. The third-order valence-corrected chi connectivity index (χ3v) is 4.79. The monoisotopic (exact) mass is 398 g/mol. The Hall–Kier alpha value is -0.000000000000000111. The molecule has 1 aliphatic rings. The molecule has 1 aromatic carbocycles. The van der Waals surface area contributed by atoms with Gasteiger partial charge in [-0.1, -0.05) is 15.9 Å². The van der Waals surface area contributed by atoms with E-state index in [9.17, 15) is 0 Å². The molecule has 1 saturated heterocycles. The molecule has 1 heterocycles. The number of hydrogen-bond donors (Lipinski definition) is 1. The summed E-state index contributed by atoms with van der Waals surface area (Å²) in [4.78, 5) is 2.46. The highest BCUT2D eigenvalue weighted by Gasteiger charge is 2.14. The number of benzene rings is 1. The van der Waals surface area contributed by atoms with Gasteiger partial charge in [0.2, 0.25) is 0 Å². The molecule has 6 heteroatoms. The van der Waals surface area contributed by atoms with Gasteiger partial charge in [0.15, 0.2) is 0 Å². The van der Waals surface area contributed by atoms with Crippen molar-refractivity contribution in [3.05, 3.63) is 27.7 Å². The first-order chi connectivity index (χ1) is 9.06. The van der Waals surface area contributed by atoms with Crippen molar-refractivity contribution in [3.63, 3.8) is 0 Å². The molecule has 122 valence electrons. The van der Waals surface area contributed by atoms with Crippen molar-refractivity contribution < 1.29 is 4.74 Å². The summed E-state index contributed by atoms with van der Waals surface area (Å²) in [6.07, 6.45) is 0. The summed E-state index contributed by atoms with van der Waals surface area (Å²) in [6, 6.07) is 4.78. The van der Waals surface area contributed by atoms with E-state index in [0.717, 1.165) is 38.5 Å². The van der Waals surface area contributed by atoms with Crippen molar-refractivity contribution in [1.29, 1.82) is 0 Å². The Morgan fingerprint density at radius 3 is 2.48 bits per heavy atom. The first kappa shape index (κ1) is 21.0. The molecule has 0 aliphatic carbocycles. The lowest BCUT2D eigenvalue weighted by Gasteiger charge is -2.31. The van der Waals surface area contributed by atoms with Crippen molar-refractivity contribution in [3.8, 4) is 5.75 Å². The molecule has 0 radical (unpaired) electrons. The van der Waals surface area contributed by atoms with E-state index >= 15 is 0 Å². The molecule has 0 bridgehead atoms. The van der Waals surface area contributed by atoms with Crippen molar-refractivity contribution >= 4 is 40.7 Å². The van der Waals surface area contributed by atoms with E-state index < -0.39 is 0 Å².